The molecule has 0 saturated heterocycles. The number of carbonyl (C=O) groups excluding carboxylic acids is 1. The van der Waals surface area contributed by atoms with E-state index in [1.165, 1.54) is 0 Å². The summed E-state index contributed by atoms with van der Waals surface area (Å²) in [6, 6.07) is 7.00. The summed E-state index contributed by atoms with van der Waals surface area (Å²) in [6.07, 6.45) is 2.80. The Kier molecular flexibility index (Phi) is 4.10. The highest BCUT2D eigenvalue weighted by Crippen LogP contribution is 2.34. The van der Waals surface area contributed by atoms with Gasteiger partial charge < -0.3 is 15.2 Å². The molecule has 1 aromatic carbocycles. The van der Waals surface area contributed by atoms with E-state index >= 15 is 0 Å². The maximum atomic E-state index is 12.0. The van der Waals surface area contributed by atoms with Gasteiger partial charge in [-0.05, 0) is 37.0 Å². The van der Waals surface area contributed by atoms with Crippen molar-refractivity contribution in [2.24, 2.45) is 5.92 Å². The summed E-state index contributed by atoms with van der Waals surface area (Å²) in [5.41, 5.74) is -0.206. The highest BCUT2D eigenvalue weighted by atomic mass is 16.5. The number of nitrogens with one attached hydrogen (secondary N) is 1. The molecular weight excluding hydrogens is 242 g/mol. The standard InChI is InChI=1S/C15H21NO3/c1-11-5-4-8-15(11,18)10-16-14(17)12-6-3-7-13(9-12)19-2/h3,6-7,9,11,18H,4-5,8,10H2,1-2H3,(H,16,17)/t11-,15-/m1/s1. The summed E-state index contributed by atoms with van der Waals surface area (Å²) in [4.78, 5) is 12.0. The van der Waals surface area contributed by atoms with Crippen molar-refractivity contribution >= 4 is 5.91 Å². The maximum Gasteiger partial charge on any atom is 0.251 e. The molecule has 1 fully saturated rings. The van der Waals surface area contributed by atoms with Crippen LogP contribution in [0.15, 0.2) is 24.3 Å². The predicted octanol–water partition coefficient (Wildman–Crippen LogP) is 1.98. The van der Waals surface area contributed by atoms with Crippen molar-refractivity contribution in [1.29, 1.82) is 0 Å². The van der Waals surface area contributed by atoms with Crippen LogP contribution in [0, 0.1) is 5.92 Å². The van der Waals surface area contributed by atoms with Crippen molar-refractivity contribution in [2.75, 3.05) is 13.7 Å². The molecule has 4 nitrogen and oxygen atoms in total. The molecule has 1 aromatic rings. The van der Waals surface area contributed by atoms with Crippen LogP contribution in [0.4, 0.5) is 0 Å². The van der Waals surface area contributed by atoms with E-state index in [-0.39, 0.29) is 11.8 Å². The molecule has 0 unspecified atom stereocenters. The zero-order valence-electron chi connectivity index (χ0n) is 11.5. The Hall–Kier alpha value is -1.55. The smallest absolute Gasteiger partial charge is 0.251 e. The number of rotatable bonds is 4. The van der Waals surface area contributed by atoms with Crippen LogP contribution in [-0.4, -0.2) is 30.3 Å². The Morgan fingerprint density at radius 2 is 2.37 bits per heavy atom. The summed E-state index contributed by atoms with van der Waals surface area (Å²) in [5.74, 6) is 0.713. The SMILES string of the molecule is COc1cccc(C(=O)NC[C@]2(O)CCC[C@H]2C)c1. The van der Waals surface area contributed by atoms with E-state index in [1.54, 1.807) is 31.4 Å². The highest BCUT2D eigenvalue weighted by Gasteiger charge is 2.38. The lowest BCUT2D eigenvalue weighted by Crippen LogP contribution is -2.44. The molecule has 0 heterocycles. The van der Waals surface area contributed by atoms with E-state index in [0.717, 1.165) is 19.3 Å². The van der Waals surface area contributed by atoms with Gasteiger partial charge in [0.2, 0.25) is 0 Å². The van der Waals surface area contributed by atoms with Crippen molar-refractivity contribution in [3.05, 3.63) is 29.8 Å². The molecule has 0 bridgehead atoms. The van der Waals surface area contributed by atoms with Gasteiger partial charge in [0.25, 0.3) is 5.91 Å². The number of carbonyl (C=O) groups is 1. The second kappa shape index (κ2) is 5.61. The van der Waals surface area contributed by atoms with Crippen molar-refractivity contribution in [1.82, 2.24) is 5.32 Å². The van der Waals surface area contributed by atoms with E-state index in [1.807, 2.05) is 6.92 Å². The molecule has 2 atom stereocenters. The molecule has 104 valence electrons. The summed E-state index contributed by atoms with van der Waals surface area (Å²) in [6.45, 7) is 2.34. The second-order valence-corrected chi connectivity index (χ2v) is 5.31. The van der Waals surface area contributed by atoms with E-state index in [9.17, 15) is 9.90 Å². The number of hydrogen-bond donors (Lipinski definition) is 2. The Morgan fingerprint density at radius 3 is 3.00 bits per heavy atom. The predicted molar refractivity (Wildman–Crippen MR) is 73.3 cm³/mol. The summed E-state index contributed by atoms with van der Waals surface area (Å²) in [5, 5.41) is 13.2. The van der Waals surface area contributed by atoms with Crippen molar-refractivity contribution < 1.29 is 14.6 Å². The molecular formula is C15H21NO3. The van der Waals surface area contributed by atoms with Crippen LogP contribution in [0.25, 0.3) is 0 Å². The average Bonchev–Trinajstić information content (AvgIpc) is 2.76. The first-order valence-corrected chi connectivity index (χ1v) is 6.70. The lowest BCUT2D eigenvalue weighted by Gasteiger charge is -2.27. The van der Waals surface area contributed by atoms with Gasteiger partial charge in [-0.3, -0.25) is 4.79 Å². The third kappa shape index (κ3) is 3.07. The second-order valence-electron chi connectivity index (χ2n) is 5.31. The van der Waals surface area contributed by atoms with Crippen LogP contribution in [0.3, 0.4) is 0 Å². The first-order chi connectivity index (χ1) is 9.05. The van der Waals surface area contributed by atoms with E-state index < -0.39 is 5.60 Å². The first-order valence-electron chi connectivity index (χ1n) is 6.70. The van der Waals surface area contributed by atoms with Crippen LogP contribution in [-0.2, 0) is 0 Å². The molecule has 19 heavy (non-hydrogen) atoms. The minimum absolute atomic E-state index is 0.175. The van der Waals surface area contributed by atoms with Gasteiger partial charge >= 0.3 is 0 Å². The molecule has 4 heteroatoms. The molecule has 1 saturated carbocycles. The quantitative estimate of drug-likeness (QED) is 0.873. The monoisotopic (exact) mass is 263 g/mol. The fourth-order valence-corrected chi connectivity index (χ4v) is 2.59. The largest absolute Gasteiger partial charge is 0.497 e. The van der Waals surface area contributed by atoms with Crippen LogP contribution >= 0.6 is 0 Å². The summed E-state index contributed by atoms with van der Waals surface area (Å²) in [7, 11) is 1.57. The minimum atomic E-state index is -0.755. The normalized spacial score (nSPS) is 26.2. The Labute approximate surface area is 113 Å². The zero-order valence-corrected chi connectivity index (χ0v) is 11.5. The number of hydrogen-bond acceptors (Lipinski definition) is 3. The van der Waals surface area contributed by atoms with Gasteiger partial charge in [0.15, 0.2) is 0 Å². The Bertz CT molecular complexity index is 460. The number of aliphatic hydroxyl groups is 1. The van der Waals surface area contributed by atoms with Crippen molar-refractivity contribution in [3.63, 3.8) is 0 Å². The van der Waals surface area contributed by atoms with Gasteiger partial charge in [-0.25, -0.2) is 0 Å². The first kappa shape index (κ1) is 13.9. The van der Waals surface area contributed by atoms with Crippen LogP contribution in [0.2, 0.25) is 0 Å². The fourth-order valence-electron chi connectivity index (χ4n) is 2.59. The molecule has 0 spiro atoms. The number of methoxy groups -OCH3 is 1. The van der Waals surface area contributed by atoms with E-state index in [2.05, 4.69) is 5.32 Å². The molecule has 1 amide bonds. The van der Waals surface area contributed by atoms with Crippen molar-refractivity contribution in [2.45, 2.75) is 31.8 Å². The van der Waals surface area contributed by atoms with E-state index in [4.69, 9.17) is 4.74 Å². The van der Waals surface area contributed by atoms with Gasteiger partial charge in [-0.15, -0.1) is 0 Å². The van der Waals surface area contributed by atoms with E-state index in [0.29, 0.717) is 17.9 Å². The van der Waals surface area contributed by atoms with Gasteiger partial charge in [-0.2, -0.15) is 0 Å². The zero-order chi connectivity index (χ0) is 13.9. The summed E-state index contributed by atoms with van der Waals surface area (Å²) >= 11 is 0. The third-order valence-corrected chi connectivity index (χ3v) is 4.05. The minimum Gasteiger partial charge on any atom is -0.497 e. The molecule has 1 aliphatic carbocycles. The lowest BCUT2D eigenvalue weighted by molar-refractivity contribution is 0.0101. The topological polar surface area (TPSA) is 58.6 Å². The molecule has 2 rings (SSSR count). The number of amides is 1. The molecule has 1 aliphatic rings. The van der Waals surface area contributed by atoms with Gasteiger partial charge in [0, 0.05) is 12.1 Å². The van der Waals surface area contributed by atoms with Crippen molar-refractivity contribution in [3.8, 4) is 5.75 Å². The van der Waals surface area contributed by atoms with Crippen LogP contribution in [0.5, 0.6) is 5.75 Å². The van der Waals surface area contributed by atoms with Gasteiger partial charge in [-0.1, -0.05) is 19.4 Å². The summed E-state index contributed by atoms with van der Waals surface area (Å²) < 4.78 is 5.09. The Morgan fingerprint density at radius 1 is 1.58 bits per heavy atom. The highest BCUT2D eigenvalue weighted by molar-refractivity contribution is 5.94. The number of ether oxygens (including phenoxy) is 1. The van der Waals surface area contributed by atoms with Crippen LogP contribution < -0.4 is 10.1 Å². The number of benzene rings is 1. The lowest BCUT2D eigenvalue weighted by atomic mass is 9.92. The van der Waals surface area contributed by atoms with Gasteiger partial charge in [0.05, 0.1) is 12.7 Å². The maximum absolute atomic E-state index is 12.0. The Balaban J connectivity index is 1.97. The molecule has 0 radical (unpaired) electrons. The van der Waals surface area contributed by atoms with Crippen LogP contribution in [0.1, 0.15) is 36.5 Å². The fraction of sp³-hybridized carbons (Fsp3) is 0.533. The molecule has 0 aromatic heterocycles. The van der Waals surface area contributed by atoms with Gasteiger partial charge in [0.1, 0.15) is 5.75 Å². The third-order valence-electron chi connectivity index (χ3n) is 4.05. The molecule has 0 aliphatic heterocycles. The molecule has 2 N–H and O–H groups in total. The average molecular weight is 263 g/mol.